The fourth-order valence-electron chi connectivity index (χ4n) is 2.42. The zero-order chi connectivity index (χ0) is 14.4. The van der Waals surface area contributed by atoms with Crippen LogP contribution in [0.15, 0.2) is 24.3 Å². The van der Waals surface area contributed by atoms with Crippen molar-refractivity contribution in [3.63, 3.8) is 0 Å². The topological polar surface area (TPSA) is 84.2 Å². The van der Waals surface area contributed by atoms with Crippen LogP contribution in [-0.4, -0.2) is 24.4 Å². The molecular formula is C15H21N3O2. The molecule has 1 aliphatic heterocycles. The number of rotatable bonds is 5. The van der Waals surface area contributed by atoms with Gasteiger partial charge in [-0.1, -0.05) is 6.42 Å². The molecule has 5 nitrogen and oxygen atoms in total. The number of nitrogens with two attached hydrogens (primary N) is 1. The van der Waals surface area contributed by atoms with Crippen LogP contribution in [-0.2, 0) is 4.79 Å². The number of benzene rings is 1. The van der Waals surface area contributed by atoms with Crippen molar-refractivity contribution in [1.82, 2.24) is 5.32 Å². The Morgan fingerprint density at radius 3 is 2.60 bits per heavy atom. The molecule has 1 aliphatic rings. The highest BCUT2D eigenvalue weighted by molar-refractivity contribution is 5.94. The Morgan fingerprint density at radius 2 is 2.00 bits per heavy atom. The molecule has 0 aliphatic carbocycles. The van der Waals surface area contributed by atoms with E-state index in [1.807, 2.05) is 0 Å². The highest BCUT2D eigenvalue weighted by atomic mass is 16.1. The summed E-state index contributed by atoms with van der Waals surface area (Å²) in [6.07, 6.45) is 5.00. The molecule has 1 aromatic rings. The summed E-state index contributed by atoms with van der Waals surface area (Å²) >= 11 is 0. The summed E-state index contributed by atoms with van der Waals surface area (Å²) in [4.78, 5) is 22.8. The highest BCUT2D eigenvalue weighted by Gasteiger charge is 2.14. The molecule has 0 bridgehead atoms. The van der Waals surface area contributed by atoms with E-state index in [9.17, 15) is 9.59 Å². The van der Waals surface area contributed by atoms with Gasteiger partial charge in [0.05, 0.1) is 0 Å². The van der Waals surface area contributed by atoms with E-state index >= 15 is 0 Å². The largest absolute Gasteiger partial charge is 0.366 e. The Labute approximate surface area is 118 Å². The van der Waals surface area contributed by atoms with Gasteiger partial charge in [-0.25, -0.2) is 0 Å². The molecule has 5 heteroatoms. The summed E-state index contributed by atoms with van der Waals surface area (Å²) in [5.41, 5.74) is 6.29. The van der Waals surface area contributed by atoms with E-state index in [1.165, 1.54) is 12.8 Å². The average Bonchev–Trinajstić information content (AvgIpc) is 2.47. The number of hydrogen-bond donors (Lipinski definition) is 3. The number of nitrogens with one attached hydrogen (secondary N) is 2. The zero-order valence-electron chi connectivity index (χ0n) is 11.5. The van der Waals surface area contributed by atoms with Gasteiger partial charge < -0.3 is 16.4 Å². The standard InChI is InChI=1S/C15H21N3O2/c16-15(20)11-4-6-13(7-5-11)18-14(19)9-8-12-3-1-2-10-17-12/h4-7,12,17H,1-3,8-10H2,(H2,16,20)(H,18,19). The van der Waals surface area contributed by atoms with Crippen LogP contribution < -0.4 is 16.4 Å². The molecule has 108 valence electrons. The average molecular weight is 275 g/mol. The second kappa shape index (κ2) is 7.05. The van der Waals surface area contributed by atoms with Crippen LogP contribution >= 0.6 is 0 Å². The van der Waals surface area contributed by atoms with E-state index in [-0.39, 0.29) is 5.91 Å². The lowest BCUT2D eigenvalue weighted by Gasteiger charge is -2.23. The number of primary amides is 1. The van der Waals surface area contributed by atoms with Gasteiger partial charge in [-0.05, 0) is 50.1 Å². The van der Waals surface area contributed by atoms with Crippen molar-refractivity contribution in [1.29, 1.82) is 0 Å². The molecule has 0 saturated carbocycles. The Balaban J connectivity index is 1.77. The SMILES string of the molecule is NC(=O)c1ccc(NC(=O)CCC2CCCCN2)cc1. The lowest BCUT2D eigenvalue weighted by molar-refractivity contribution is -0.116. The van der Waals surface area contributed by atoms with Gasteiger partial charge in [0, 0.05) is 23.7 Å². The van der Waals surface area contributed by atoms with Gasteiger partial charge in [-0.15, -0.1) is 0 Å². The van der Waals surface area contributed by atoms with Crippen LogP contribution in [0.5, 0.6) is 0 Å². The monoisotopic (exact) mass is 275 g/mol. The summed E-state index contributed by atoms with van der Waals surface area (Å²) < 4.78 is 0. The Hall–Kier alpha value is -1.88. The van der Waals surface area contributed by atoms with E-state index in [0.717, 1.165) is 19.4 Å². The summed E-state index contributed by atoms with van der Waals surface area (Å²) in [5.74, 6) is -0.463. The molecule has 2 amide bonds. The molecule has 4 N–H and O–H groups in total. The highest BCUT2D eigenvalue weighted by Crippen LogP contribution is 2.13. The van der Waals surface area contributed by atoms with Gasteiger partial charge in [0.1, 0.15) is 0 Å². The quantitative estimate of drug-likeness (QED) is 0.764. The van der Waals surface area contributed by atoms with Crippen molar-refractivity contribution in [2.24, 2.45) is 5.73 Å². The van der Waals surface area contributed by atoms with Crippen LogP contribution in [0.4, 0.5) is 5.69 Å². The maximum atomic E-state index is 11.8. The minimum absolute atomic E-state index is 0.00389. The molecule has 0 radical (unpaired) electrons. The zero-order valence-corrected chi connectivity index (χ0v) is 11.5. The maximum Gasteiger partial charge on any atom is 0.248 e. The van der Waals surface area contributed by atoms with Gasteiger partial charge in [-0.3, -0.25) is 9.59 Å². The maximum absolute atomic E-state index is 11.8. The molecular weight excluding hydrogens is 254 g/mol. The van der Waals surface area contributed by atoms with Gasteiger partial charge in [0.15, 0.2) is 0 Å². The fourth-order valence-corrected chi connectivity index (χ4v) is 2.42. The third-order valence-electron chi connectivity index (χ3n) is 3.59. The molecule has 2 rings (SSSR count). The Kier molecular flexibility index (Phi) is 5.12. The smallest absolute Gasteiger partial charge is 0.248 e. The van der Waals surface area contributed by atoms with Gasteiger partial charge in [0.25, 0.3) is 0 Å². The van der Waals surface area contributed by atoms with Gasteiger partial charge in [0.2, 0.25) is 11.8 Å². The number of carbonyl (C=O) groups is 2. The van der Waals surface area contributed by atoms with Crippen LogP contribution in [0, 0.1) is 0 Å². The number of hydrogen-bond acceptors (Lipinski definition) is 3. The minimum atomic E-state index is -0.466. The molecule has 1 aromatic carbocycles. The molecule has 20 heavy (non-hydrogen) atoms. The first kappa shape index (κ1) is 14.5. The normalized spacial score (nSPS) is 18.5. The lowest BCUT2D eigenvalue weighted by atomic mass is 10.0. The number of piperidine rings is 1. The molecule has 1 atom stereocenters. The van der Waals surface area contributed by atoms with Crippen molar-refractivity contribution < 1.29 is 9.59 Å². The van der Waals surface area contributed by atoms with Crippen LogP contribution in [0.3, 0.4) is 0 Å². The number of carbonyl (C=O) groups excluding carboxylic acids is 2. The van der Waals surface area contributed by atoms with E-state index in [1.54, 1.807) is 24.3 Å². The Morgan fingerprint density at radius 1 is 1.25 bits per heavy atom. The number of amides is 2. The second-order valence-corrected chi connectivity index (χ2v) is 5.18. The van der Waals surface area contributed by atoms with Crippen molar-refractivity contribution in [2.75, 3.05) is 11.9 Å². The van der Waals surface area contributed by atoms with E-state index < -0.39 is 5.91 Å². The number of anilines is 1. The second-order valence-electron chi connectivity index (χ2n) is 5.18. The van der Waals surface area contributed by atoms with Gasteiger partial charge in [-0.2, -0.15) is 0 Å². The molecule has 1 unspecified atom stereocenters. The molecule has 1 heterocycles. The summed E-state index contributed by atoms with van der Waals surface area (Å²) in [5, 5.41) is 6.26. The van der Waals surface area contributed by atoms with Crippen LogP contribution in [0.25, 0.3) is 0 Å². The van der Waals surface area contributed by atoms with E-state index in [4.69, 9.17) is 5.73 Å². The first-order valence-electron chi connectivity index (χ1n) is 7.08. The predicted octanol–water partition coefficient (Wildman–Crippen LogP) is 1.65. The fraction of sp³-hybridized carbons (Fsp3) is 0.467. The minimum Gasteiger partial charge on any atom is -0.366 e. The third-order valence-corrected chi connectivity index (χ3v) is 3.59. The lowest BCUT2D eigenvalue weighted by Crippen LogP contribution is -2.34. The summed E-state index contributed by atoms with van der Waals surface area (Å²) in [6.45, 7) is 1.06. The first-order valence-corrected chi connectivity index (χ1v) is 7.08. The van der Waals surface area contributed by atoms with Crippen molar-refractivity contribution in [2.45, 2.75) is 38.1 Å². The summed E-state index contributed by atoms with van der Waals surface area (Å²) in [7, 11) is 0. The van der Waals surface area contributed by atoms with E-state index in [2.05, 4.69) is 10.6 Å². The van der Waals surface area contributed by atoms with Crippen molar-refractivity contribution in [3.05, 3.63) is 29.8 Å². The third kappa shape index (κ3) is 4.35. The molecule has 0 aromatic heterocycles. The summed E-state index contributed by atoms with van der Waals surface area (Å²) in [6, 6.07) is 7.07. The van der Waals surface area contributed by atoms with Crippen molar-refractivity contribution >= 4 is 17.5 Å². The molecule has 1 fully saturated rings. The van der Waals surface area contributed by atoms with Crippen LogP contribution in [0.2, 0.25) is 0 Å². The Bertz CT molecular complexity index is 465. The van der Waals surface area contributed by atoms with E-state index in [0.29, 0.717) is 23.7 Å². The predicted molar refractivity (Wildman–Crippen MR) is 78.5 cm³/mol. The molecule has 1 saturated heterocycles. The van der Waals surface area contributed by atoms with Gasteiger partial charge >= 0.3 is 0 Å². The molecule has 0 spiro atoms. The van der Waals surface area contributed by atoms with Crippen LogP contribution in [0.1, 0.15) is 42.5 Å². The van der Waals surface area contributed by atoms with Crippen molar-refractivity contribution in [3.8, 4) is 0 Å². The first-order chi connectivity index (χ1) is 9.65.